The number of rotatable bonds is 10. The fourth-order valence-electron chi connectivity index (χ4n) is 4.06. The molecule has 4 rings (SSSR count). The molecule has 0 bridgehead atoms. The fraction of sp³-hybridized carbons (Fsp3) is 0.241. The van der Waals surface area contributed by atoms with Crippen LogP contribution < -0.4 is 0 Å². The standard InChI is InChI=1S/C29H28N4O4/c1-3-36-27(34)29(28(35)37-4-2,19-21-11-9-15-25(32-21)23-13-5-7-17-30-23)20-22-12-10-16-26(33-22)24-14-6-8-18-31-24/h5-18H,3-4,19-20H2,1-2H3. The highest BCUT2D eigenvalue weighted by molar-refractivity contribution is 6.00. The van der Waals surface area contributed by atoms with Gasteiger partial charge in [0.25, 0.3) is 0 Å². The van der Waals surface area contributed by atoms with Crippen molar-refractivity contribution in [2.24, 2.45) is 5.41 Å². The van der Waals surface area contributed by atoms with Crippen LogP contribution in [-0.4, -0.2) is 45.1 Å². The first kappa shape index (κ1) is 25.6. The van der Waals surface area contributed by atoms with Crippen molar-refractivity contribution >= 4 is 11.9 Å². The van der Waals surface area contributed by atoms with Crippen LogP contribution in [0, 0.1) is 5.41 Å². The summed E-state index contributed by atoms with van der Waals surface area (Å²) in [6, 6.07) is 22.0. The van der Waals surface area contributed by atoms with Crippen LogP contribution in [0.4, 0.5) is 0 Å². The van der Waals surface area contributed by atoms with Crippen molar-refractivity contribution in [1.82, 2.24) is 19.9 Å². The zero-order valence-corrected chi connectivity index (χ0v) is 20.8. The smallest absolute Gasteiger partial charge is 0.324 e. The molecule has 0 saturated heterocycles. The highest BCUT2D eigenvalue weighted by Crippen LogP contribution is 2.32. The number of carbonyl (C=O) groups excluding carboxylic acids is 2. The van der Waals surface area contributed by atoms with E-state index in [1.54, 1.807) is 38.4 Å². The lowest BCUT2D eigenvalue weighted by Crippen LogP contribution is -2.46. The van der Waals surface area contributed by atoms with E-state index in [1.165, 1.54) is 0 Å². The Hall–Kier alpha value is -4.46. The highest BCUT2D eigenvalue weighted by atomic mass is 16.6. The molecule has 0 atom stereocenters. The van der Waals surface area contributed by atoms with Crippen molar-refractivity contribution in [2.45, 2.75) is 26.7 Å². The number of aromatic nitrogens is 4. The molecule has 0 aliphatic carbocycles. The van der Waals surface area contributed by atoms with E-state index < -0.39 is 17.4 Å². The summed E-state index contributed by atoms with van der Waals surface area (Å²) < 4.78 is 10.9. The molecular weight excluding hydrogens is 468 g/mol. The minimum Gasteiger partial charge on any atom is -0.465 e. The van der Waals surface area contributed by atoms with Crippen molar-refractivity contribution in [1.29, 1.82) is 0 Å². The zero-order chi connectivity index (χ0) is 26.1. The SMILES string of the molecule is CCOC(=O)C(Cc1cccc(-c2ccccn2)n1)(Cc1cccc(-c2ccccn2)n1)C(=O)OCC. The first-order chi connectivity index (χ1) is 18.1. The van der Waals surface area contributed by atoms with Gasteiger partial charge in [-0.2, -0.15) is 0 Å². The van der Waals surface area contributed by atoms with E-state index >= 15 is 0 Å². The lowest BCUT2D eigenvalue weighted by atomic mass is 9.78. The number of hydrogen-bond acceptors (Lipinski definition) is 8. The van der Waals surface area contributed by atoms with Crippen molar-refractivity contribution in [3.63, 3.8) is 0 Å². The molecule has 37 heavy (non-hydrogen) atoms. The van der Waals surface area contributed by atoms with E-state index in [1.807, 2.05) is 60.7 Å². The summed E-state index contributed by atoms with van der Waals surface area (Å²) in [5, 5.41) is 0. The van der Waals surface area contributed by atoms with Crippen molar-refractivity contribution in [3.8, 4) is 22.8 Å². The molecule has 4 heterocycles. The zero-order valence-electron chi connectivity index (χ0n) is 20.8. The Morgan fingerprint density at radius 1 is 0.622 bits per heavy atom. The third-order valence-electron chi connectivity index (χ3n) is 5.77. The first-order valence-corrected chi connectivity index (χ1v) is 12.1. The second-order valence-corrected chi connectivity index (χ2v) is 8.33. The Kier molecular flexibility index (Phi) is 8.30. The summed E-state index contributed by atoms with van der Waals surface area (Å²) >= 11 is 0. The van der Waals surface area contributed by atoms with Crippen molar-refractivity contribution in [2.75, 3.05) is 13.2 Å². The second-order valence-electron chi connectivity index (χ2n) is 8.33. The summed E-state index contributed by atoms with van der Waals surface area (Å²) in [5.41, 5.74) is 2.02. The summed E-state index contributed by atoms with van der Waals surface area (Å²) in [6.45, 7) is 3.63. The van der Waals surface area contributed by atoms with Gasteiger partial charge in [0.15, 0.2) is 5.41 Å². The molecule has 0 fully saturated rings. The molecule has 0 saturated carbocycles. The minimum absolute atomic E-state index is 0.0269. The first-order valence-electron chi connectivity index (χ1n) is 12.1. The molecule has 8 nitrogen and oxygen atoms in total. The third kappa shape index (κ3) is 6.03. The number of carbonyl (C=O) groups is 2. The maximum atomic E-state index is 13.5. The molecule has 0 aliphatic heterocycles. The van der Waals surface area contributed by atoms with Gasteiger partial charge in [0.05, 0.1) is 36.0 Å². The number of esters is 2. The van der Waals surface area contributed by atoms with Gasteiger partial charge in [-0.3, -0.25) is 29.5 Å². The quantitative estimate of drug-likeness (QED) is 0.234. The number of ether oxygens (including phenoxy) is 2. The van der Waals surface area contributed by atoms with Crippen LogP contribution in [0.25, 0.3) is 22.8 Å². The van der Waals surface area contributed by atoms with E-state index in [0.717, 1.165) is 0 Å². The normalized spacial score (nSPS) is 11.1. The van der Waals surface area contributed by atoms with E-state index in [2.05, 4.69) is 9.97 Å². The second kappa shape index (κ2) is 12.0. The summed E-state index contributed by atoms with van der Waals surface area (Å²) in [6.07, 6.45) is 3.32. The Bertz CT molecular complexity index is 1240. The van der Waals surface area contributed by atoms with E-state index in [4.69, 9.17) is 19.4 Å². The average molecular weight is 497 g/mol. The van der Waals surface area contributed by atoms with E-state index in [9.17, 15) is 9.59 Å². The fourth-order valence-corrected chi connectivity index (χ4v) is 4.06. The molecule has 0 N–H and O–H groups in total. The average Bonchev–Trinajstić information content (AvgIpc) is 2.94. The largest absolute Gasteiger partial charge is 0.465 e. The molecule has 4 aromatic rings. The summed E-state index contributed by atoms with van der Waals surface area (Å²) in [5.74, 6) is -1.35. The van der Waals surface area contributed by atoms with Gasteiger partial charge in [-0.15, -0.1) is 0 Å². The lowest BCUT2D eigenvalue weighted by molar-refractivity contribution is -0.172. The number of hydrogen-bond donors (Lipinski definition) is 0. The van der Waals surface area contributed by atoms with Gasteiger partial charge < -0.3 is 9.47 Å². The molecule has 8 heteroatoms. The minimum atomic E-state index is -1.68. The Morgan fingerprint density at radius 3 is 1.43 bits per heavy atom. The molecule has 0 aromatic carbocycles. The van der Waals surface area contributed by atoms with E-state index in [-0.39, 0.29) is 26.1 Å². The highest BCUT2D eigenvalue weighted by Gasteiger charge is 2.50. The summed E-state index contributed by atoms with van der Waals surface area (Å²) in [4.78, 5) is 45.1. The molecule has 0 amide bonds. The molecule has 0 spiro atoms. The van der Waals surface area contributed by atoms with Gasteiger partial charge in [0.2, 0.25) is 0 Å². The van der Waals surface area contributed by atoms with E-state index in [0.29, 0.717) is 34.2 Å². The Morgan fingerprint density at radius 2 is 1.05 bits per heavy atom. The predicted molar refractivity (Wildman–Crippen MR) is 138 cm³/mol. The number of nitrogens with zero attached hydrogens (tertiary/aromatic N) is 4. The molecule has 188 valence electrons. The maximum absolute atomic E-state index is 13.5. The molecule has 0 aliphatic rings. The van der Waals surface area contributed by atoms with Crippen molar-refractivity contribution in [3.05, 3.63) is 96.6 Å². The van der Waals surface area contributed by atoms with Crippen LogP contribution in [0.3, 0.4) is 0 Å². The summed E-state index contributed by atoms with van der Waals surface area (Å²) in [7, 11) is 0. The van der Waals surface area contributed by atoms with Crippen LogP contribution in [0.5, 0.6) is 0 Å². The maximum Gasteiger partial charge on any atom is 0.324 e. The Balaban J connectivity index is 1.76. The third-order valence-corrected chi connectivity index (χ3v) is 5.77. The van der Waals surface area contributed by atoms with Crippen LogP contribution in [0.15, 0.2) is 85.2 Å². The molecular formula is C29H28N4O4. The van der Waals surface area contributed by atoms with Crippen LogP contribution in [-0.2, 0) is 31.9 Å². The predicted octanol–water partition coefficient (Wildman–Crippen LogP) is 4.50. The van der Waals surface area contributed by atoms with Gasteiger partial charge >= 0.3 is 11.9 Å². The van der Waals surface area contributed by atoms with Gasteiger partial charge in [-0.25, -0.2) is 0 Å². The van der Waals surface area contributed by atoms with Gasteiger partial charge in [-0.05, 0) is 62.4 Å². The Labute approximate surface area is 215 Å². The molecule has 4 aromatic heterocycles. The van der Waals surface area contributed by atoms with Crippen molar-refractivity contribution < 1.29 is 19.1 Å². The monoisotopic (exact) mass is 496 g/mol. The lowest BCUT2D eigenvalue weighted by Gasteiger charge is -2.29. The van der Waals surface area contributed by atoms with Gasteiger partial charge in [-0.1, -0.05) is 24.3 Å². The molecule has 0 radical (unpaired) electrons. The topological polar surface area (TPSA) is 104 Å². The van der Waals surface area contributed by atoms with Crippen LogP contribution in [0.2, 0.25) is 0 Å². The van der Waals surface area contributed by atoms with Gasteiger partial charge in [0, 0.05) is 36.6 Å². The van der Waals surface area contributed by atoms with Crippen LogP contribution in [0.1, 0.15) is 25.2 Å². The van der Waals surface area contributed by atoms with Crippen LogP contribution >= 0.6 is 0 Å². The number of pyridine rings is 4. The molecule has 0 unspecified atom stereocenters. The van der Waals surface area contributed by atoms with Gasteiger partial charge in [0.1, 0.15) is 0 Å².